The van der Waals surface area contributed by atoms with Crippen LogP contribution in [0.5, 0.6) is 0 Å². The van der Waals surface area contributed by atoms with Gasteiger partial charge in [0.15, 0.2) is 11.2 Å². The van der Waals surface area contributed by atoms with E-state index in [9.17, 15) is 14.4 Å². The Morgan fingerprint density at radius 1 is 1.32 bits per heavy atom. The molecule has 1 atom stereocenters. The molecular formula is C22H21N3O6. The molecule has 1 aliphatic carbocycles. The average Bonchev–Trinajstić information content (AvgIpc) is 3.32. The number of amides is 1. The van der Waals surface area contributed by atoms with E-state index in [-0.39, 0.29) is 42.7 Å². The normalized spacial score (nSPS) is 18.9. The van der Waals surface area contributed by atoms with Gasteiger partial charge in [0.05, 0.1) is 12.2 Å². The van der Waals surface area contributed by atoms with Gasteiger partial charge in [0.25, 0.3) is 6.01 Å². The lowest BCUT2D eigenvalue weighted by atomic mass is 9.74. The van der Waals surface area contributed by atoms with Crippen LogP contribution in [0.3, 0.4) is 0 Å². The van der Waals surface area contributed by atoms with E-state index in [1.807, 2.05) is 0 Å². The number of nitrogen functional groups attached to an aromatic ring is 1. The SMILES string of the molecule is C=CCOC(=O)C1=C(C)N(CC(=O)OCC)C(=O)[C@@]12c1ccccc1-c1oc(N)nc12. The quantitative estimate of drug-likeness (QED) is 0.552. The summed E-state index contributed by atoms with van der Waals surface area (Å²) in [5.74, 6) is -1.54. The van der Waals surface area contributed by atoms with E-state index >= 15 is 0 Å². The first-order chi connectivity index (χ1) is 14.9. The molecule has 9 heteroatoms. The predicted octanol–water partition coefficient (Wildman–Crippen LogP) is 1.93. The molecule has 2 aromatic rings. The molecule has 0 saturated heterocycles. The average molecular weight is 423 g/mol. The predicted molar refractivity (Wildman–Crippen MR) is 109 cm³/mol. The Labute approximate surface area is 178 Å². The number of benzene rings is 1. The Bertz CT molecular complexity index is 1150. The number of allylic oxidation sites excluding steroid dienone is 1. The van der Waals surface area contributed by atoms with Crippen molar-refractivity contribution in [2.45, 2.75) is 19.3 Å². The lowest BCUT2D eigenvalue weighted by Crippen LogP contribution is -2.44. The molecule has 1 amide bonds. The first kappa shape index (κ1) is 20.4. The zero-order chi connectivity index (χ0) is 22.3. The van der Waals surface area contributed by atoms with Crippen molar-refractivity contribution in [1.29, 1.82) is 0 Å². The second kappa shape index (κ2) is 7.42. The van der Waals surface area contributed by atoms with Crippen LogP contribution in [0.4, 0.5) is 6.01 Å². The highest BCUT2D eigenvalue weighted by atomic mass is 16.5. The van der Waals surface area contributed by atoms with Crippen LogP contribution in [0.2, 0.25) is 0 Å². The van der Waals surface area contributed by atoms with Crippen LogP contribution in [0, 0.1) is 0 Å². The van der Waals surface area contributed by atoms with Crippen LogP contribution < -0.4 is 5.73 Å². The van der Waals surface area contributed by atoms with E-state index in [1.54, 1.807) is 38.1 Å². The summed E-state index contributed by atoms with van der Waals surface area (Å²) in [4.78, 5) is 44.8. The van der Waals surface area contributed by atoms with Crippen LogP contribution in [0.25, 0.3) is 11.3 Å². The van der Waals surface area contributed by atoms with Gasteiger partial charge in [-0.2, -0.15) is 4.98 Å². The largest absolute Gasteiger partial charge is 0.465 e. The molecule has 0 unspecified atom stereocenters. The summed E-state index contributed by atoms with van der Waals surface area (Å²) >= 11 is 0. The summed E-state index contributed by atoms with van der Waals surface area (Å²) in [6, 6.07) is 6.88. The van der Waals surface area contributed by atoms with Crippen LogP contribution in [0.15, 0.2) is 52.6 Å². The fraction of sp³-hybridized carbons (Fsp3) is 0.273. The molecule has 9 nitrogen and oxygen atoms in total. The Kier molecular flexibility index (Phi) is 4.88. The Morgan fingerprint density at radius 3 is 2.77 bits per heavy atom. The molecule has 0 bridgehead atoms. The van der Waals surface area contributed by atoms with Gasteiger partial charge in [-0.15, -0.1) is 0 Å². The zero-order valence-corrected chi connectivity index (χ0v) is 17.1. The van der Waals surface area contributed by atoms with Gasteiger partial charge in [-0.1, -0.05) is 36.9 Å². The molecule has 2 heterocycles. The van der Waals surface area contributed by atoms with Gasteiger partial charge in [-0.05, 0) is 19.4 Å². The topological polar surface area (TPSA) is 125 Å². The number of ether oxygens (including phenoxy) is 2. The van der Waals surface area contributed by atoms with Crippen molar-refractivity contribution in [3.8, 4) is 11.3 Å². The van der Waals surface area contributed by atoms with Gasteiger partial charge in [0.2, 0.25) is 5.91 Å². The van der Waals surface area contributed by atoms with Gasteiger partial charge < -0.3 is 24.5 Å². The minimum Gasteiger partial charge on any atom is -0.465 e. The van der Waals surface area contributed by atoms with Gasteiger partial charge in [-0.25, -0.2) is 4.79 Å². The molecule has 0 fully saturated rings. The number of carbonyl (C=O) groups is 3. The van der Waals surface area contributed by atoms with Crippen molar-refractivity contribution in [3.05, 3.63) is 59.4 Å². The van der Waals surface area contributed by atoms with Gasteiger partial charge in [-0.3, -0.25) is 9.59 Å². The fourth-order valence-electron chi connectivity index (χ4n) is 4.28. The standard InChI is InChI=1S/C22H21N3O6/c1-4-10-30-19(27)16-12(3)25(11-15(26)29-5-2)20(28)22(16)14-9-7-6-8-13(14)17-18(22)24-21(23)31-17/h4,6-9H,1,5,10-11H2,2-3H3,(H2,23,24)/t22-/m0/s1. The minimum absolute atomic E-state index is 0.0484. The molecule has 0 radical (unpaired) electrons. The number of anilines is 1. The maximum absolute atomic E-state index is 13.9. The van der Waals surface area contributed by atoms with E-state index in [2.05, 4.69) is 11.6 Å². The number of esters is 2. The summed E-state index contributed by atoms with van der Waals surface area (Å²) in [5, 5.41) is 0. The smallest absolute Gasteiger partial charge is 0.337 e. The van der Waals surface area contributed by atoms with Crippen molar-refractivity contribution in [2.24, 2.45) is 0 Å². The Morgan fingerprint density at radius 2 is 2.06 bits per heavy atom. The lowest BCUT2D eigenvalue weighted by Gasteiger charge is -2.26. The molecule has 2 aliphatic rings. The number of fused-ring (bicyclic) bond motifs is 5. The molecular weight excluding hydrogens is 402 g/mol. The summed E-state index contributed by atoms with van der Waals surface area (Å²) < 4.78 is 15.9. The maximum Gasteiger partial charge on any atom is 0.337 e. The minimum atomic E-state index is -1.64. The second-order valence-corrected chi connectivity index (χ2v) is 7.07. The van der Waals surface area contributed by atoms with E-state index in [0.717, 1.165) is 0 Å². The number of aromatic nitrogens is 1. The van der Waals surface area contributed by atoms with Crippen LogP contribution in [-0.2, 0) is 29.3 Å². The summed E-state index contributed by atoms with van der Waals surface area (Å²) in [6.45, 7) is 6.57. The lowest BCUT2D eigenvalue weighted by molar-refractivity contribution is -0.147. The van der Waals surface area contributed by atoms with E-state index < -0.39 is 23.3 Å². The monoisotopic (exact) mass is 423 g/mol. The van der Waals surface area contributed by atoms with Crippen LogP contribution >= 0.6 is 0 Å². The fourth-order valence-corrected chi connectivity index (χ4v) is 4.28. The molecule has 1 aromatic carbocycles. The highest BCUT2D eigenvalue weighted by Gasteiger charge is 2.63. The Hall–Kier alpha value is -3.88. The van der Waals surface area contributed by atoms with Crippen LogP contribution in [0.1, 0.15) is 25.1 Å². The molecule has 1 aromatic heterocycles. The highest BCUT2D eigenvalue weighted by molar-refractivity contribution is 6.14. The number of hydrogen-bond acceptors (Lipinski definition) is 8. The third-order valence-electron chi connectivity index (χ3n) is 5.41. The van der Waals surface area contributed by atoms with Crippen molar-refractivity contribution in [2.75, 3.05) is 25.5 Å². The van der Waals surface area contributed by atoms with Crippen molar-refractivity contribution >= 4 is 23.9 Å². The number of rotatable bonds is 6. The number of nitrogens with two attached hydrogens (primary N) is 1. The Balaban J connectivity index is 1.97. The first-order valence-electron chi connectivity index (χ1n) is 9.71. The van der Waals surface area contributed by atoms with E-state index in [1.165, 1.54) is 11.0 Å². The summed E-state index contributed by atoms with van der Waals surface area (Å²) in [5.41, 5.74) is 5.81. The van der Waals surface area contributed by atoms with Gasteiger partial charge in [0, 0.05) is 11.3 Å². The highest BCUT2D eigenvalue weighted by Crippen LogP contribution is 2.57. The van der Waals surface area contributed by atoms with Crippen molar-refractivity contribution in [1.82, 2.24) is 9.88 Å². The molecule has 1 aliphatic heterocycles. The van der Waals surface area contributed by atoms with E-state index in [0.29, 0.717) is 16.9 Å². The van der Waals surface area contributed by atoms with Crippen molar-refractivity contribution in [3.63, 3.8) is 0 Å². The van der Waals surface area contributed by atoms with Crippen LogP contribution in [-0.4, -0.2) is 47.5 Å². The van der Waals surface area contributed by atoms with Gasteiger partial charge in [0.1, 0.15) is 18.8 Å². The molecule has 1 spiro atoms. The number of oxazole rings is 1. The van der Waals surface area contributed by atoms with Crippen molar-refractivity contribution < 1.29 is 28.3 Å². The molecule has 31 heavy (non-hydrogen) atoms. The summed E-state index contributed by atoms with van der Waals surface area (Å²) in [6.07, 6.45) is 1.43. The molecule has 0 saturated carbocycles. The summed E-state index contributed by atoms with van der Waals surface area (Å²) in [7, 11) is 0. The maximum atomic E-state index is 13.9. The number of nitrogens with zero attached hydrogens (tertiary/aromatic N) is 2. The third-order valence-corrected chi connectivity index (χ3v) is 5.41. The first-order valence-corrected chi connectivity index (χ1v) is 9.71. The van der Waals surface area contributed by atoms with Gasteiger partial charge >= 0.3 is 11.9 Å². The van der Waals surface area contributed by atoms with E-state index in [4.69, 9.17) is 19.6 Å². The number of hydrogen-bond donors (Lipinski definition) is 1. The molecule has 2 N–H and O–H groups in total. The second-order valence-electron chi connectivity index (χ2n) is 7.07. The third kappa shape index (κ3) is 2.77. The number of carbonyl (C=O) groups excluding carboxylic acids is 3. The molecule has 160 valence electrons. The molecule has 4 rings (SSSR count). The zero-order valence-electron chi connectivity index (χ0n) is 17.1.